The van der Waals surface area contributed by atoms with Crippen LogP contribution in [0.3, 0.4) is 0 Å². The van der Waals surface area contributed by atoms with Gasteiger partial charge >= 0.3 is 0 Å². The van der Waals surface area contributed by atoms with E-state index in [1.54, 1.807) is 5.57 Å². The van der Waals surface area contributed by atoms with Crippen LogP contribution in [0.25, 0.3) is 0 Å². The predicted octanol–water partition coefficient (Wildman–Crippen LogP) is 4.68. The molecule has 0 fully saturated rings. The lowest BCUT2D eigenvalue weighted by molar-refractivity contribution is 0.364. The van der Waals surface area contributed by atoms with Crippen LogP contribution in [-0.2, 0) is 0 Å². The highest BCUT2D eigenvalue weighted by molar-refractivity contribution is 5.07. The molecule has 0 saturated carbocycles. The number of rotatable bonds is 8. The molecular weight excluding hydrogens is 206 g/mol. The van der Waals surface area contributed by atoms with Crippen molar-refractivity contribution in [2.75, 3.05) is 6.54 Å². The molecule has 17 heavy (non-hydrogen) atoms. The fraction of sp³-hybridized carbons (Fsp3) is 0.875. The van der Waals surface area contributed by atoms with Crippen molar-refractivity contribution in [3.8, 4) is 0 Å². The van der Waals surface area contributed by atoms with E-state index in [1.807, 2.05) is 0 Å². The van der Waals surface area contributed by atoms with Crippen molar-refractivity contribution >= 4 is 0 Å². The fourth-order valence-electron chi connectivity index (χ4n) is 2.96. The summed E-state index contributed by atoms with van der Waals surface area (Å²) in [6, 6.07) is 0.717. The molecule has 0 aromatic rings. The van der Waals surface area contributed by atoms with Crippen LogP contribution in [0, 0.1) is 5.92 Å². The minimum Gasteiger partial charge on any atom is -0.314 e. The Labute approximate surface area is 108 Å². The molecule has 1 N–H and O–H groups in total. The summed E-state index contributed by atoms with van der Waals surface area (Å²) in [6.07, 6.45) is 13.3. The Balaban J connectivity index is 2.43. The Morgan fingerprint density at radius 3 is 2.47 bits per heavy atom. The van der Waals surface area contributed by atoms with Gasteiger partial charge in [0.25, 0.3) is 0 Å². The molecule has 0 aliphatic heterocycles. The van der Waals surface area contributed by atoms with Crippen LogP contribution in [-0.4, -0.2) is 12.6 Å². The first-order valence-electron chi connectivity index (χ1n) is 7.71. The van der Waals surface area contributed by atoms with Crippen molar-refractivity contribution < 1.29 is 0 Å². The molecule has 1 heteroatoms. The van der Waals surface area contributed by atoms with Crippen molar-refractivity contribution in [2.24, 2.45) is 5.92 Å². The van der Waals surface area contributed by atoms with E-state index in [0.29, 0.717) is 6.04 Å². The molecule has 0 aromatic heterocycles. The van der Waals surface area contributed by atoms with Crippen molar-refractivity contribution in [3.63, 3.8) is 0 Å². The van der Waals surface area contributed by atoms with Gasteiger partial charge in [-0.15, -0.1) is 0 Å². The van der Waals surface area contributed by atoms with Crippen molar-refractivity contribution in [1.29, 1.82) is 0 Å². The number of nitrogens with one attached hydrogen (secondary N) is 1. The van der Waals surface area contributed by atoms with Crippen molar-refractivity contribution in [3.05, 3.63) is 11.6 Å². The number of allylic oxidation sites excluding steroid dienone is 1. The molecule has 1 aliphatic rings. The van der Waals surface area contributed by atoms with E-state index < -0.39 is 0 Å². The molecule has 0 spiro atoms. The molecule has 1 aliphatic carbocycles. The molecule has 1 rings (SSSR count). The number of hydrogen-bond donors (Lipinski definition) is 1. The Morgan fingerprint density at radius 2 is 1.94 bits per heavy atom. The first kappa shape index (κ1) is 14.8. The van der Waals surface area contributed by atoms with Gasteiger partial charge in [0.2, 0.25) is 0 Å². The predicted molar refractivity (Wildman–Crippen MR) is 77.3 cm³/mol. The van der Waals surface area contributed by atoms with Gasteiger partial charge in [-0.2, -0.15) is 0 Å². The van der Waals surface area contributed by atoms with Crippen LogP contribution in [0.15, 0.2) is 11.6 Å². The summed E-state index contributed by atoms with van der Waals surface area (Å²) in [6.45, 7) is 8.00. The average molecular weight is 237 g/mol. The standard InChI is InChI=1S/C16H31N/c1-4-14(5-2)12-16(17-6-3)13-15-10-8-7-9-11-15/h10,14,16-17H,4-9,11-13H2,1-3H3. The van der Waals surface area contributed by atoms with Gasteiger partial charge in [-0.05, 0) is 51.0 Å². The van der Waals surface area contributed by atoms with Crippen LogP contribution in [0.1, 0.15) is 72.1 Å². The summed E-state index contributed by atoms with van der Waals surface area (Å²) in [4.78, 5) is 0. The molecule has 1 nitrogen and oxygen atoms in total. The van der Waals surface area contributed by atoms with Crippen LogP contribution in [0.5, 0.6) is 0 Å². The van der Waals surface area contributed by atoms with Gasteiger partial charge in [-0.3, -0.25) is 0 Å². The van der Waals surface area contributed by atoms with E-state index in [4.69, 9.17) is 0 Å². The monoisotopic (exact) mass is 237 g/mol. The minimum absolute atomic E-state index is 0.717. The summed E-state index contributed by atoms with van der Waals surface area (Å²) in [5.74, 6) is 0.906. The second-order valence-corrected chi connectivity index (χ2v) is 5.49. The maximum absolute atomic E-state index is 3.69. The zero-order chi connectivity index (χ0) is 12.5. The Morgan fingerprint density at radius 1 is 1.18 bits per heavy atom. The first-order chi connectivity index (χ1) is 8.30. The Bertz CT molecular complexity index is 216. The largest absolute Gasteiger partial charge is 0.314 e. The van der Waals surface area contributed by atoms with Gasteiger partial charge in [0.1, 0.15) is 0 Å². The van der Waals surface area contributed by atoms with E-state index in [0.717, 1.165) is 12.5 Å². The summed E-state index contributed by atoms with van der Waals surface area (Å²) < 4.78 is 0. The highest BCUT2D eigenvalue weighted by Gasteiger charge is 2.15. The van der Waals surface area contributed by atoms with E-state index in [9.17, 15) is 0 Å². The Hall–Kier alpha value is -0.300. The molecule has 0 amide bonds. The summed E-state index contributed by atoms with van der Waals surface area (Å²) in [5.41, 5.74) is 1.72. The molecular formula is C16H31N. The van der Waals surface area contributed by atoms with E-state index in [1.165, 1.54) is 51.4 Å². The highest BCUT2D eigenvalue weighted by Crippen LogP contribution is 2.25. The highest BCUT2D eigenvalue weighted by atomic mass is 14.9. The summed E-state index contributed by atoms with van der Waals surface area (Å²) in [5, 5.41) is 3.69. The molecule has 0 bridgehead atoms. The fourth-order valence-corrected chi connectivity index (χ4v) is 2.96. The van der Waals surface area contributed by atoms with E-state index >= 15 is 0 Å². The molecule has 0 saturated heterocycles. The third-order valence-electron chi connectivity index (χ3n) is 4.16. The quantitative estimate of drug-likeness (QED) is 0.604. The Kier molecular flexibility index (Phi) is 7.59. The second-order valence-electron chi connectivity index (χ2n) is 5.49. The molecule has 0 heterocycles. The van der Waals surface area contributed by atoms with Crippen LogP contribution >= 0.6 is 0 Å². The van der Waals surface area contributed by atoms with Crippen LogP contribution in [0.2, 0.25) is 0 Å². The van der Waals surface area contributed by atoms with Gasteiger partial charge in [-0.1, -0.05) is 45.3 Å². The SMILES string of the molecule is CCNC(CC1=CCCCC1)CC(CC)CC. The van der Waals surface area contributed by atoms with Gasteiger partial charge < -0.3 is 5.32 Å². The summed E-state index contributed by atoms with van der Waals surface area (Å²) >= 11 is 0. The molecule has 0 radical (unpaired) electrons. The smallest absolute Gasteiger partial charge is 0.0107 e. The van der Waals surface area contributed by atoms with E-state index in [-0.39, 0.29) is 0 Å². The van der Waals surface area contributed by atoms with E-state index in [2.05, 4.69) is 32.2 Å². The maximum Gasteiger partial charge on any atom is 0.0107 e. The van der Waals surface area contributed by atoms with Crippen LogP contribution in [0.4, 0.5) is 0 Å². The third kappa shape index (κ3) is 5.72. The maximum atomic E-state index is 3.69. The number of hydrogen-bond acceptors (Lipinski definition) is 1. The second kappa shape index (κ2) is 8.74. The third-order valence-corrected chi connectivity index (χ3v) is 4.16. The van der Waals surface area contributed by atoms with Gasteiger partial charge in [-0.25, -0.2) is 0 Å². The first-order valence-corrected chi connectivity index (χ1v) is 7.71. The molecule has 0 aromatic carbocycles. The molecule has 100 valence electrons. The minimum atomic E-state index is 0.717. The average Bonchev–Trinajstić information content (AvgIpc) is 2.37. The summed E-state index contributed by atoms with van der Waals surface area (Å²) in [7, 11) is 0. The zero-order valence-corrected chi connectivity index (χ0v) is 12.1. The lowest BCUT2D eigenvalue weighted by atomic mass is 9.88. The lowest BCUT2D eigenvalue weighted by Crippen LogP contribution is -2.31. The van der Waals surface area contributed by atoms with Crippen LogP contribution < -0.4 is 5.32 Å². The topological polar surface area (TPSA) is 12.0 Å². The molecule has 1 unspecified atom stereocenters. The van der Waals surface area contributed by atoms with Gasteiger partial charge in [0.05, 0.1) is 0 Å². The lowest BCUT2D eigenvalue weighted by Gasteiger charge is -2.25. The van der Waals surface area contributed by atoms with Crippen molar-refractivity contribution in [1.82, 2.24) is 5.32 Å². The van der Waals surface area contributed by atoms with Crippen molar-refractivity contribution in [2.45, 2.75) is 78.2 Å². The van der Waals surface area contributed by atoms with Gasteiger partial charge in [0.15, 0.2) is 0 Å². The van der Waals surface area contributed by atoms with Gasteiger partial charge in [0, 0.05) is 6.04 Å². The normalized spacial score (nSPS) is 18.2. The molecule has 1 atom stereocenters. The zero-order valence-electron chi connectivity index (χ0n) is 12.1.